The molecule has 0 spiro atoms. The Morgan fingerprint density at radius 2 is 2.19 bits per heavy atom. The fourth-order valence-electron chi connectivity index (χ4n) is 3.57. The highest BCUT2D eigenvalue weighted by molar-refractivity contribution is 7.10. The number of aromatic nitrogens is 3. The molecule has 0 saturated carbocycles. The van der Waals surface area contributed by atoms with Gasteiger partial charge in [0.1, 0.15) is 6.10 Å². The molecule has 0 aliphatic carbocycles. The number of nitrogens with one attached hydrogen (secondary N) is 1. The number of ether oxygens (including phenoxy) is 1. The first-order valence-corrected chi connectivity index (χ1v) is 9.69. The van der Waals surface area contributed by atoms with E-state index in [1.165, 1.54) is 0 Å². The predicted octanol–water partition coefficient (Wildman–Crippen LogP) is 2.21. The van der Waals surface area contributed by atoms with E-state index < -0.39 is 0 Å². The van der Waals surface area contributed by atoms with Crippen molar-refractivity contribution in [2.24, 2.45) is 0 Å². The SMILES string of the molecule is Cc1c(C(=O)N2CCOC(c3cccs3)C2)nnn1C1CCNCC1.Cl. The van der Waals surface area contributed by atoms with Gasteiger partial charge in [-0.25, -0.2) is 4.68 Å². The van der Waals surface area contributed by atoms with E-state index in [1.54, 1.807) is 11.3 Å². The molecule has 2 aliphatic heterocycles. The molecule has 7 nitrogen and oxygen atoms in total. The maximum Gasteiger partial charge on any atom is 0.276 e. The molecule has 4 rings (SSSR count). The fourth-order valence-corrected chi connectivity index (χ4v) is 4.33. The molecule has 2 aromatic heterocycles. The van der Waals surface area contributed by atoms with Gasteiger partial charge in [0.2, 0.25) is 0 Å². The lowest BCUT2D eigenvalue weighted by Crippen LogP contribution is -2.42. The van der Waals surface area contributed by atoms with Crippen molar-refractivity contribution in [2.75, 3.05) is 32.8 Å². The van der Waals surface area contributed by atoms with E-state index in [0.717, 1.165) is 36.5 Å². The highest BCUT2D eigenvalue weighted by Crippen LogP contribution is 2.27. The van der Waals surface area contributed by atoms with Crippen LogP contribution in [0.2, 0.25) is 0 Å². The van der Waals surface area contributed by atoms with E-state index in [-0.39, 0.29) is 24.4 Å². The van der Waals surface area contributed by atoms with Crippen LogP contribution in [0.4, 0.5) is 0 Å². The van der Waals surface area contributed by atoms with E-state index in [1.807, 2.05) is 28.0 Å². The Kier molecular flexibility index (Phi) is 6.29. The van der Waals surface area contributed by atoms with Gasteiger partial charge in [-0.15, -0.1) is 28.8 Å². The van der Waals surface area contributed by atoms with Gasteiger partial charge in [-0.05, 0) is 44.3 Å². The van der Waals surface area contributed by atoms with Crippen molar-refractivity contribution in [1.82, 2.24) is 25.2 Å². The molecular formula is C17H24ClN5O2S. The molecule has 1 N–H and O–H groups in total. The quantitative estimate of drug-likeness (QED) is 0.859. The Morgan fingerprint density at radius 1 is 1.38 bits per heavy atom. The van der Waals surface area contributed by atoms with Crippen LogP contribution in [0.25, 0.3) is 0 Å². The van der Waals surface area contributed by atoms with Crippen LogP contribution in [-0.4, -0.2) is 58.6 Å². The summed E-state index contributed by atoms with van der Waals surface area (Å²) in [4.78, 5) is 16.0. The number of thiophene rings is 1. The van der Waals surface area contributed by atoms with Crippen LogP contribution in [0.3, 0.4) is 0 Å². The standard InChI is InChI=1S/C17H23N5O2S.ClH/c1-12-16(19-20-22(12)13-4-6-18-7-5-13)17(23)21-8-9-24-14(11-21)15-3-2-10-25-15;/h2-3,10,13-14,18H,4-9,11H2,1H3;1H. The number of hydrogen-bond donors (Lipinski definition) is 1. The van der Waals surface area contributed by atoms with Crippen LogP contribution in [0.15, 0.2) is 17.5 Å². The van der Waals surface area contributed by atoms with Crippen LogP contribution in [0.1, 0.15) is 46.0 Å². The molecule has 26 heavy (non-hydrogen) atoms. The molecule has 1 unspecified atom stereocenters. The molecule has 0 radical (unpaired) electrons. The number of hydrogen-bond acceptors (Lipinski definition) is 6. The second kappa shape index (κ2) is 8.47. The van der Waals surface area contributed by atoms with Gasteiger partial charge < -0.3 is 15.0 Å². The summed E-state index contributed by atoms with van der Waals surface area (Å²) in [6, 6.07) is 4.40. The zero-order valence-corrected chi connectivity index (χ0v) is 16.4. The zero-order valence-electron chi connectivity index (χ0n) is 14.8. The number of rotatable bonds is 3. The van der Waals surface area contributed by atoms with E-state index >= 15 is 0 Å². The largest absolute Gasteiger partial charge is 0.369 e. The van der Waals surface area contributed by atoms with Crippen molar-refractivity contribution >= 4 is 29.7 Å². The van der Waals surface area contributed by atoms with Gasteiger partial charge >= 0.3 is 0 Å². The number of piperidine rings is 1. The highest BCUT2D eigenvalue weighted by Gasteiger charge is 2.30. The normalized spacial score (nSPS) is 21.4. The summed E-state index contributed by atoms with van der Waals surface area (Å²) >= 11 is 1.66. The monoisotopic (exact) mass is 397 g/mol. The van der Waals surface area contributed by atoms with Crippen molar-refractivity contribution in [3.8, 4) is 0 Å². The first-order valence-electron chi connectivity index (χ1n) is 8.81. The van der Waals surface area contributed by atoms with Crippen molar-refractivity contribution in [2.45, 2.75) is 31.9 Å². The third-order valence-electron chi connectivity index (χ3n) is 5.00. The summed E-state index contributed by atoms with van der Waals surface area (Å²) in [5.74, 6) is -0.0393. The van der Waals surface area contributed by atoms with Crippen molar-refractivity contribution in [1.29, 1.82) is 0 Å². The number of carbonyl (C=O) groups excluding carboxylic acids is 1. The van der Waals surface area contributed by atoms with E-state index in [2.05, 4.69) is 21.7 Å². The summed E-state index contributed by atoms with van der Waals surface area (Å²) in [5.41, 5.74) is 1.35. The zero-order chi connectivity index (χ0) is 17.2. The topological polar surface area (TPSA) is 72.3 Å². The summed E-state index contributed by atoms with van der Waals surface area (Å²) in [5, 5.41) is 13.9. The highest BCUT2D eigenvalue weighted by atomic mass is 35.5. The van der Waals surface area contributed by atoms with Gasteiger partial charge in [0.25, 0.3) is 5.91 Å². The minimum atomic E-state index is -0.0440. The summed E-state index contributed by atoms with van der Waals surface area (Å²) in [7, 11) is 0. The second-order valence-corrected chi connectivity index (χ2v) is 7.55. The van der Waals surface area contributed by atoms with Gasteiger partial charge in [-0.2, -0.15) is 0 Å². The first kappa shape index (κ1) is 19.3. The smallest absolute Gasteiger partial charge is 0.276 e. The Bertz CT molecular complexity index is 730. The third-order valence-corrected chi connectivity index (χ3v) is 5.96. The third kappa shape index (κ3) is 3.78. The average Bonchev–Trinajstić information content (AvgIpc) is 3.32. The molecule has 142 valence electrons. The minimum absolute atomic E-state index is 0. The lowest BCUT2D eigenvalue weighted by Gasteiger charge is -2.32. The van der Waals surface area contributed by atoms with Gasteiger partial charge in [0, 0.05) is 11.4 Å². The molecule has 2 aliphatic rings. The maximum absolute atomic E-state index is 13.0. The molecule has 1 amide bonds. The van der Waals surface area contributed by atoms with Crippen molar-refractivity contribution in [3.63, 3.8) is 0 Å². The van der Waals surface area contributed by atoms with Crippen LogP contribution in [0.5, 0.6) is 0 Å². The molecular weight excluding hydrogens is 374 g/mol. The van der Waals surface area contributed by atoms with Crippen LogP contribution < -0.4 is 5.32 Å². The first-order chi connectivity index (χ1) is 12.2. The van der Waals surface area contributed by atoms with Crippen LogP contribution in [-0.2, 0) is 4.74 Å². The number of carbonyl (C=O) groups is 1. The Morgan fingerprint density at radius 3 is 2.92 bits per heavy atom. The van der Waals surface area contributed by atoms with Gasteiger partial charge in [0.05, 0.1) is 24.9 Å². The molecule has 0 bridgehead atoms. The van der Waals surface area contributed by atoms with Gasteiger partial charge in [-0.3, -0.25) is 4.79 Å². The van der Waals surface area contributed by atoms with Gasteiger partial charge in [0.15, 0.2) is 5.69 Å². The van der Waals surface area contributed by atoms with Crippen LogP contribution in [0, 0.1) is 6.92 Å². The van der Waals surface area contributed by atoms with Crippen molar-refractivity contribution < 1.29 is 9.53 Å². The Balaban J connectivity index is 0.00000196. The summed E-state index contributed by atoms with van der Waals surface area (Å²) in [6.45, 7) is 5.64. The number of amides is 1. The van der Waals surface area contributed by atoms with Crippen molar-refractivity contribution in [3.05, 3.63) is 33.8 Å². The predicted molar refractivity (Wildman–Crippen MR) is 102 cm³/mol. The molecule has 1 atom stereocenters. The maximum atomic E-state index is 13.0. The van der Waals surface area contributed by atoms with E-state index in [4.69, 9.17) is 4.74 Å². The van der Waals surface area contributed by atoms with E-state index in [0.29, 0.717) is 31.4 Å². The molecule has 4 heterocycles. The Labute approximate surface area is 163 Å². The van der Waals surface area contributed by atoms with E-state index in [9.17, 15) is 4.79 Å². The molecule has 2 fully saturated rings. The molecule has 2 aromatic rings. The van der Waals surface area contributed by atoms with Gasteiger partial charge in [-0.1, -0.05) is 11.3 Å². The minimum Gasteiger partial charge on any atom is -0.369 e. The fraction of sp³-hybridized carbons (Fsp3) is 0.588. The lowest BCUT2D eigenvalue weighted by molar-refractivity contribution is -0.0214. The van der Waals surface area contributed by atoms with Crippen LogP contribution >= 0.6 is 23.7 Å². The summed E-state index contributed by atoms with van der Waals surface area (Å²) < 4.78 is 7.77. The number of halogens is 1. The molecule has 2 saturated heterocycles. The number of nitrogens with zero attached hydrogens (tertiary/aromatic N) is 4. The average molecular weight is 398 g/mol. The summed E-state index contributed by atoms with van der Waals surface area (Å²) in [6.07, 6.45) is 2.00. The number of morpholine rings is 1. The lowest BCUT2D eigenvalue weighted by atomic mass is 10.1. The molecule has 9 heteroatoms. The second-order valence-electron chi connectivity index (χ2n) is 6.58. The Hall–Kier alpha value is -1.48. The molecule has 0 aromatic carbocycles.